The summed E-state index contributed by atoms with van der Waals surface area (Å²) in [6, 6.07) is 18.2. The predicted molar refractivity (Wildman–Crippen MR) is 101 cm³/mol. The highest BCUT2D eigenvalue weighted by Crippen LogP contribution is 2.19. The van der Waals surface area contributed by atoms with Crippen LogP contribution in [0.5, 0.6) is 5.75 Å². The molecule has 5 heteroatoms. The molecule has 5 nitrogen and oxygen atoms in total. The third-order valence-corrected chi connectivity index (χ3v) is 4.92. The summed E-state index contributed by atoms with van der Waals surface area (Å²) < 4.78 is 7.04. The molecular formula is C21H23N3O2. The Morgan fingerprint density at radius 2 is 1.85 bits per heavy atom. The van der Waals surface area contributed by atoms with Gasteiger partial charge in [0.25, 0.3) is 5.56 Å². The van der Waals surface area contributed by atoms with Gasteiger partial charge in [-0.05, 0) is 29.7 Å². The normalized spacial score (nSPS) is 14.2. The molecule has 134 valence electrons. The van der Waals surface area contributed by atoms with Crippen LogP contribution in [0.15, 0.2) is 59.4 Å². The molecule has 0 saturated carbocycles. The van der Waals surface area contributed by atoms with Crippen LogP contribution in [0.4, 0.5) is 0 Å². The molecule has 4 rings (SSSR count). The summed E-state index contributed by atoms with van der Waals surface area (Å²) >= 11 is 0. The van der Waals surface area contributed by atoms with E-state index in [9.17, 15) is 4.79 Å². The van der Waals surface area contributed by atoms with Gasteiger partial charge < -0.3 is 4.74 Å². The van der Waals surface area contributed by atoms with Gasteiger partial charge >= 0.3 is 0 Å². The van der Waals surface area contributed by atoms with Crippen molar-refractivity contribution in [1.82, 2.24) is 14.7 Å². The van der Waals surface area contributed by atoms with Crippen LogP contribution in [0.2, 0.25) is 0 Å². The highest BCUT2D eigenvalue weighted by molar-refractivity contribution is 5.29. The highest BCUT2D eigenvalue weighted by atomic mass is 16.5. The molecule has 0 saturated heterocycles. The van der Waals surface area contributed by atoms with Gasteiger partial charge in [0.1, 0.15) is 5.75 Å². The van der Waals surface area contributed by atoms with E-state index in [1.807, 2.05) is 42.5 Å². The molecule has 1 aromatic heterocycles. The standard InChI is InChI=1S/C21H23N3O2/c1-26-18-9-5-8-17(12-18)13-23-11-10-19-20(15-23)22-24(21(19)25)14-16-6-3-2-4-7-16/h2-9,12,22H,10-11,13-15H2,1H3. The van der Waals surface area contributed by atoms with Crippen molar-refractivity contribution in [2.45, 2.75) is 26.1 Å². The summed E-state index contributed by atoms with van der Waals surface area (Å²) in [6.45, 7) is 3.09. The molecule has 0 spiro atoms. The van der Waals surface area contributed by atoms with E-state index in [-0.39, 0.29) is 5.56 Å². The molecule has 0 aliphatic carbocycles. The van der Waals surface area contributed by atoms with Crippen molar-refractivity contribution in [3.8, 4) is 5.75 Å². The maximum atomic E-state index is 12.7. The van der Waals surface area contributed by atoms with Gasteiger partial charge in [0.05, 0.1) is 19.3 Å². The first-order valence-electron chi connectivity index (χ1n) is 8.92. The molecule has 0 radical (unpaired) electrons. The second-order valence-corrected chi connectivity index (χ2v) is 6.76. The number of benzene rings is 2. The van der Waals surface area contributed by atoms with Gasteiger partial charge in [-0.2, -0.15) is 0 Å². The quantitative estimate of drug-likeness (QED) is 0.771. The van der Waals surface area contributed by atoms with E-state index in [1.165, 1.54) is 5.56 Å². The number of rotatable bonds is 5. The number of H-pyrrole nitrogens is 1. The number of aromatic nitrogens is 2. The van der Waals surface area contributed by atoms with E-state index >= 15 is 0 Å². The van der Waals surface area contributed by atoms with Gasteiger partial charge in [-0.25, -0.2) is 4.68 Å². The van der Waals surface area contributed by atoms with Gasteiger partial charge in [-0.15, -0.1) is 0 Å². The summed E-state index contributed by atoms with van der Waals surface area (Å²) in [7, 11) is 1.69. The Morgan fingerprint density at radius 3 is 2.65 bits per heavy atom. The first kappa shape index (κ1) is 16.7. The van der Waals surface area contributed by atoms with Gasteiger partial charge in [0, 0.05) is 25.2 Å². The third-order valence-electron chi connectivity index (χ3n) is 4.92. The lowest BCUT2D eigenvalue weighted by Gasteiger charge is -2.26. The first-order valence-corrected chi connectivity index (χ1v) is 8.92. The van der Waals surface area contributed by atoms with Crippen LogP contribution >= 0.6 is 0 Å². The fourth-order valence-electron chi connectivity index (χ4n) is 3.58. The number of aromatic amines is 1. The molecule has 0 atom stereocenters. The summed E-state index contributed by atoms with van der Waals surface area (Å²) in [4.78, 5) is 15.0. The monoisotopic (exact) mass is 349 g/mol. The van der Waals surface area contributed by atoms with Gasteiger partial charge in [-0.3, -0.25) is 14.8 Å². The molecule has 1 aliphatic rings. The second kappa shape index (κ2) is 7.22. The number of nitrogens with zero attached hydrogens (tertiary/aromatic N) is 2. The number of nitrogens with one attached hydrogen (secondary N) is 1. The number of hydrogen-bond acceptors (Lipinski definition) is 3. The average molecular weight is 349 g/mol. The number of hydrogen-bond donors (Lipinski definition) is 1. The minimum atomic E-state index is 0.116. The van der Waals surface area contributed by atoms with Crippen LogP contribution in [-0.2, 0) is 26.1 Å². The lowest BCUT2D eigenvalue weighted by molar-refractivity contribution is 0.241. The zero-order valence-electron chi connectivity index (χ0n) is 14.9. The lowest BCUT2D eigenvalue weighted by atomic mass is 10.1. The summed E-state index contributed by atoms with van der Waals surface area (Å²) in [5, 5.41) is 3.33. The Balaban J connectivity index is 1.50. The zero-order valence-corrected chi connectivity index (χ0v) is 14.9. The van der Waals surface area contributed by atoms with Crippen molar-refractivity contribution in [2.75, 3.05) is 13.7 Å². The minimum absolute atomic E-state index is 0.116. The molecule has 0 unspecified atom stereocenters. The molecule has 1 N–H and O–H groups in total. The fourth-order valence-corrected chi connectivity index (χ4v) is 3.58. The number of ether oxygens (including phenoxy) is 1. The summed E-state index contributed by atoms with van der Waals surface area (Å²) in [6.07, 6.45) is 0.788. The SMILES string of the molecule is COc1cccc(CN2CCc3c([nH]n(Cc4ccccc4)c3=O)C2)c1. The molecule has 0 amide bonds. The van der Waals surface area contributed by atoms with Crippen LogP contribution in [0.25, 0.3) is 0 Å². The Labute approximate surface area is 152 Å². The predicted octanol–water partition coefficient (Wildman–Crippen LogP) is 2.79. The Bertz CT molecular complexity index is 943. The molecule has 2 aromatic carbocycles. The molecule has 1 aliphatic heterocycles. The van der Waals surface area contributed by atoms with Crippen molar-refractivity contribution >= 4 is 0 Å². The van der Waals surface area contributed by atoms with Crippen molar-refractivity contribution in [2.24, 2.45) is 0 Å². The first-order chi connectivity index (χ1) is 12.7. The van der Waals surface area contributed by atoms with E-state index in [2.05, 4.69) is 22.1 Å². The zero-order chi connectivity index (χ0) is 17.9. The summed E-state index contributed by atoms with van der Waals surface area (Å²) in [5.41, 5.74) is 4.44. The van der Waals surface area contributed by atoms with E-state index < -0.39 is 0 Å². The number of fused-ring (bicyclic) bond motifs is 1. The molecule has 0 fully saturated rings. The van der Waals surface area contributed by atoms with E-state index in [4.69, 9.17) is 4.74 Å². The highest BCUT2D eigenvalue weighted by Gasteiger charge is 2.22. The van der Waals surface area contributed by atoms with Crippen LogP contribution in [0.1, 0.15) is 22.4 Å². The maximum Gasteiger partial charge on any atom is 0.270 e. The third kappa shape index (κ3) is 3.44. The molecule has 26 heavy (non-hydrogen) atoms. The van der Waals surface area contributed by atoms with Gasteiger partial charge in [0.15, 0.2) is 0 Å². The molecule has 3 aromatic rings. The van der Waals surface area contributed by atoms with Crippen LogP contribution in [-0.4, -0.2) is 28.3 Å². The van der Waals surface area contributed by atoms with Crippen LogP contribution < -0.4 is 10.3 Å². The molecular weight excluding hydrogens is 326 g/mol. The van der Waals surface area contributed by atoms with Crippen molar-refractivity contribution in [1.29, 1.82) is 0 Å². The van der Waals surface area contributed by atoms with Crippen LogP contribution in [0.3, 0.4) is 0 Å². The Morgan fingerprint density at radius 1 is 1.04 bits per heavy atom. The maximum absolute atomic E-state index is 12.7. The minimum Gasteiger partial charge on any atom is -0.497 e. The second-order valence-electron chi connectivity index (χ2n) is 6.76. The molecule has 0 bridgehead atoms. The van der Waals surface area contributed by atoms with Gasteiger partial charge in [-0.1, -0.05) is 42.5 Å². The van der Waals surface area contributed by atoms with Crippen molar-refractivity contribution in [3.05, 3.63) is 87.3 Å². The van der Waals surface area contributed by atoms with Crippen LogP contribution in [0, 0.1) is 0 Å². The smallest absolute Gasteiger partial charge is 0.270 e. The van der Waals surface area contributed by atoms with Gasteiger partial charge in [0.2, 0.25) is 0 Å². The molecule has 2 heterocycles. The average Bonchev–Trinajstić information content (AvgIpc) is 2.98. The Hall–Kier alpha value is -2.79. The van der Waals surface area contributed by atoms with E-state index in [0.29, 0.717) is 6.54 Å². The lowest BCUT2D eigenvalue weighted by Crippen LogP contribution is -2.31. The fraction of sp³-hybridized carbons (Fsp3) is 0.286. The Kier molecular flexibility index (Phi) is 4.63. The largest absolute Gasteiger partial charge is 0.497 e. The topological polar surface area (TPSA) is 50.3 Å². The van der Waals surface area contributed by atoms with E-state index in [0.717, 1.165) is 48.6 Å². The van der Waals surface area contributed by atoms with Crippen molar-refractivity contribution in [3.63, 3.8) is 0 Å². The number of methoxy groups -OCH3 is 1. The van der Waals surface area contributed by atoms with Crippen molar-refractivity contribution < 1.29 is 4.74 Å². The van der Waals surface area contributed by atoms with E-state index in [1.54, 1.807) is 11.8 Å². The summed E-state index contributed by atoms with van der Waals surface area (Å²) in [5.74, 6) is 0.877.